The van der Waals surface area contributed by atoms with E-state index in [-0.39, 0.29) is 11.6 Å². The molecule has 9 heteroatoms. The van der Waals surface area contributed by atoms with E-state index in [4.69, 9.17) is 0 Å². The number of hydrogen-bond donors (Lipinski definition) is 1. The molecule has 1 fully saturated rings. The van der Waals surface area contributed by atoms with Crippen LogP contribution < -0.4 is 10.9 Å². The summed E-state index contributed by atoms with van der Waals surface area (Å²) in [5.41, 5.74) is 0.327. The molecule has 1 saturated carbocycles. The maximum Gasteiger partial charge on any atom is 0.405 e. The predicted molar refractivity (Wildman–Crippen MR) is 88.7 cm³/mol. The van der Waals surface area contributed by atoms with Crippen molar-refractivity contribution < 1.29 is 18.0 Å². The molecule has 0 spiro atoms. The van der Waals surface area contributed by atoms with E-state index in [2.05, 4.69) is 4.98 Å². The number of para-hydroxylation sites is 1. The van der Waals surface area contributed by atoms with Crippen molar-refractivity contribution in [1.29, 1.82) is 0 Å². The van der Waals surface area contributed by atoms with Crippen LogP contribution in [-0.4, -0.2) is 33.4 Å². The first-order chi connectivity index (χ1) is 11.8. The normalized spacial score (nSPS) is 16.0. The summed E-state index contributed by atoms with van der Waals surface area (Å²) >= 11 is 0.999. The zero-order valence-electron chi connectivity index (χ0n) is 13.3. The topological polar surface area (TPSA) is 64.0 Å². The van der Waals surface area contributed by atoms with Crippen LogP contribution in [0.5, 0.6) is 0 Å². The van der Waals surface area contributed by atoms with Crippen LogP contribution in [0.2, 0.25) is 0 Å². The number of aromatic nitrogens is 2. The van der Waals surface area contributed by atoms with Gasteiger partial charge < -0.3 is 5.32 Å². The average molecular weight is 371 g/mol. The van der Waals surface area contributed by atoms with Crippen molar-refractivity contribution in [2.75, 3.05) is 6.54 Å². The minimum absolute atomic E-state index is 0.0394. The minimum Gasteiger partial charge on any atom is -0.346 e. The third-order valence-electron chi connectivity index (χ3n) is 3.80. The fraction of sp³-hybridized carbons (Fsp3) is 0.438. The second-order valence-electron chi connectivity index (χ2n) is 5.91. The monoisotopic (exact) mass is 371 g/mol. The molecule has 2 aromatic rings. The summed E-state index contributed by atoms with van der Waals surface area (Å²) in [6.45, 7) is 0.117. The lowest BCUT2D eigenvalue weighted by molar-refractivity contribution is -0.137. The molecule has 0 radical (unpaired) electrons. The second-order valence-corrected chi connectivity index (χ2v) is 7.22. The van der Waals surface area contributed by atoms with Crippen LogP contribution in [0.25, 0.3) is 10.9 Å². The Morgan fingerprint density at radius 1 is 1.40 bits per heavy atom. The first-order valence-corrected chi connectivity index (χ1v) is 8.66. The SMILES string of the molecule is C[C@H](Sc1nc2ccccc2c(=O)n1C1CC1)C(=O)NCC(F)(F)F. The maximum atomic E-state index is 12.7. The lowest BCUT2D eigenvalue weighted by Crippen LogP contribution is -2.38. The molecular weight excluding hydrogens is 355 g/mol. The van der Waals surface area contributed by atoms with Crippen molar-refractivity contribution in [3.05, 3.63) is 34.6 Å². The number of carbonyl (C=O) groups excluding carboxylic acids is 1. The smallest absolute Gasteiger partial charge is 0.346 e. The molecule has 0 saturated heterocycles. The van der Waals surface area contributed by atoms with Gasteiger partial charge >= 0.3 is 6.18 Å². The number of thioether (sulfide) groups is 1. The molecule has 5 nitrogen and oxygen atoms in total. The first-order valence-electron chi connectivity index (χ1n) is 7.78. The molecule has 1 aliphatic carbocycles. The van der Waals surface area contributed by atoms with Gasteiger partial charge in [-0.05, 0) is 31.9 Å². The Kier molecular flexibility index (Phi) is 4.77. The van der Waals surface area contributed by atoms with Gasteiger partial charge in [0.2, 0.25) is 5.91 Å². The van der Waals surface area contributed by atoms with Gasteiger partial charge in [-0.15, -0.1) is 0 Å². The Hall–Kier alpha value is -2.03. The van der Waals surface area contributed by atoms with Crippen LogP contribution in [0.1, 0.15) is 25.8 Å². The summed E-state index contributed by atoms with van der Waals surface area (Å²) in [5.74, 6) is -0.743. The number of nitrogens with zero attached hydrogens (tertiary/aromatic N) is 2. The highest BCUT2D eigenvalue weighted by molar-refractivity contribution is 8.00. The third kappa shape index (κ3) is 4.15. The molecule has 134 valence electrons. The Bertz CT molecular complexity index is 862. The van der Waals surface area contributed by atoms with Crippen molar-refractivity contribution in [2.45, 2.75) is 42.4 Å². The Morgan fingerprint density at radius 3 is 2.72 bits per heavy atom. The van der Waals surface area contributed by atoms with Crippen LogP contribution in [0.3, 0.4) is 0 Å². The van der Waals surface area contributed by atoms with Crippen molar-refractivity contribution in [3.63, 3.8) is 0 Å². The lowest BCUT2D eigenvalue weighted by Gasteiger charge is -2.16. The van der Waals surface area contributed by atoms with Crippen LogP contribution in [0.4, 0.5) is 13.2 Å². The Morgan fingerprint density at radius 2 is 2.08 bits per heavy atom. The number of rotatable bonds is 5. The van der Waals surface area contributed by atoms with Gasteiger partial charge in [0.25, 0.3) is 5.56 Å². The average Bonchev–Trinajstić information content (AvgIpc) is 3.36. The van der Waals surface area contributed by atoms with Gasteiger partial charge in [-0.25, -0.2) is 4.98 Å². The van der Waals surface area contributed by atoms with E-state index in [9.17, 15) is 22.8 Å². The highest BCUT2D eigenvalue weighted by atomic mass is 32.2. The van der Waals surface area contributed by atoms with Gasteiger partial charge in [-0.3, -0.25) is 14.2 Å². The van der Waals surface area contributed by atoms with E-state index in [1.807, 2.05) is 5.32 Å². The fourth-order valence-electron chi connectivity index (χ4n) is 2.41. The molecule has 1 aromatic carbocycles. The highest BCUT2D eigenvalue weighted by Gasteiger charge is 2.31. The zero-order valence-corrected chi connectivity index (χ0v) is 14.2. The minimum atomic E-state index is -4.46. The van der Waals surface area contributed by atoms with E-state index in [1.165, 1.54) is 6.92 Å². The van der Waals surface area contributed by atoms with Crippen LogP contribution >= 0.6 is 11.8 Å². The molecule has 3 rings (SSSR count). The van der Waals surface area contributed by atoms with E-state index < -0.39 is 23.9 Å². The number of alkyl halides is 3. The first kappa shape index (κ1) is 17.8. The quantitative estimate of drug-likeness (QED) is 0.648. The maximum absolute atomic E-state index is 12.7. The third-order valence-corrected chi connectivity index (χ3v) is 4.87. The molecule has 0 bridgehead atoms. The predicted octanol–water partition coefficient (Wildman–Crippen LogP) is 2.89. The number of halogens is 3. The number of hydrogen-bond acceptors (Lipinski definition) is 4. The molecule has 0 unspecified atom stereocenters. The van der Waals surface area contributed by atoms with Crippen LogP contribution in [0.15, 0.2) is 34.2 Å². The van der Waals surface area contributed by atoms with Crippen molar-refractivity contribution >= 4 is 28.6 Å². The van der Waals surface area contributed by atoms with Gasteiger partial charge in [0.1, 0.15) is 6.54 Å². The lowest BCUT2D eigenvalue weighted by atomic mass is 10.2. The molecule has 1 N–H and O–H groups in total. The van der Waals surface area contributed by atoms with Gasteiger partial charge in [0.05, 0.1) is 16.2 Å². The summed E-state index contributed by atoms with van der Waals surface area (Å²) in [6, 6.07) is 6.94. The molecule has 1 atom stereocenters. The van der Waals surface area contributed by atoms with E-state index in [0.29, 0.717) is 16.1 Å². The van der Waals surface area contributed by atoms with Gasteiger partial charge in [-0.2, -0.15) is 13.2 Å². The van der Waals surface area contributed by atoms with Crippen molar-refractivity contribution in [2.24, 2.45) is 0 Å². The molecule has 1 amide bonds. The number of nitrogens with one attached hydrogen (secondary N) is 1. The summed E-state index contributed by atoms with van der Waals surface area (Å²) in [5, 5.41) is 1.91. The van der Waals surface area contributed by atoms with Gasteiger partial charge in [0.15, 0.2) is 5.16 Å². The van der Waals surface area contributed by atoms with Crippen LogP contribution in [0, 0.1) is 0 Å². The summed E-state index contributed by atoms with van der Waals surface area (Å²) in [4.78, 5) is 29.0. The molecule has 1 aromatic heterocycles. The number of amides is 1. The van der Waals surface area contributed by atoms with Gasteiger partial charge in [0, 0.05) is 6.04 Å². The summed E-state index contributed by atoms with van der Waals surface area (Å²) < 4.78 is 38.3. The fourth-order valence-corrected chi connectivity index (χ4v) is 3.41. The molecule has 25 heavy (non-hydrogen) atoms. The van der Waals surface area contributed by atoms with E-state index >= 15 is 0 Å². The molecule has 1 aliphatic rings. The molecule has 1 heterocycles. The molecule has 0 aliphatic heterocycles. The Labute approximate surface area is 145 Å². The van der Waals surface area contributed by atoms with E-state index in [0.717, 1.165) is 24.6 Å². The van der Waals surface area contributed by atoms with E-state index in [1.54, 1.807) is 28.8 Å². The number of fused-ring (bicyclic) bond motifs is 1. The number of carbonyl (C=O) groups is 1. The second kappa shape index (κ2) is 6.70. The largest absolute Gasteiger partial charge is 0.405 e. The molecular formula is C16H16F3N3O2S. The van der Waals surface area contributed by atoms with Gasteiger partial charge in [-0.1, -0.05) is 23.9 Å². The number of benzene rings is 1. The summed E-state index contributed by atoms with van der Waals surface area (Å²) in [6.07, 6.45) is -2.76. The van der Waals surface area contributed by atoms with Crippen LogP contribution in [-0.2, 0) is 4.79 Å². The Balaban J connectivity index is 1.86. The highest BCUT2D eigenvalue weighted by Crippen LogP contribution is 2.37. The zero-order chi connectivity index (χ0) is 18.2. The standard InChI is InChI=1S/C16H16F3N3O2S/c1-9(13(23)20-8-16(17,18)19)25-15-21-12-5-3-2-4-11(12)14(24)22(15)10-6-7-10/h2-5,9-10H,6-8H2,1H3,(H,20,23)/t9-/m0/s1. The summed E-state index contributed by atoms with van der Waals surface area (Å²) in [7, 11) is 0. The van der Waals surface area contributed by atoms with Crippen molar-refractivity contribution in [3.8, 4) is 0 Å². The van der Waals surface area contributed by atoms with Crippen molar-refractivity contribution in [1.82, 2.24) is 14.9 Å².